The lowest BCUT2D eigenvalue weighted by molar-refractivity contribution is -0.0158. The van der Waals surface area contributed by atoms with Gasteiger partial charge in [0.2, 0.25) is 0 Å². The average Bonchev–Trinajstić information content (AvgIpc) is 3.31. The van der Waals surface area contributed by atoms with Crippen molar-refractivity contribution in [3.8, 4) is 5.69 Å². The summed E-state index contributed by atoms with van der Waals surface area (Å²) in [5.74, 6) is 1.86. The lowest BCUT2D eigenvalue weighted by Gasteiger charge is -2.52. The van der Waals surface area contributed by atoms with Gasteiger partial charge < -0.3 is 4.57 Å². The Hall–Kier alpha value is -2.80. The molecule has 0 radical (unpaired) electrons. The van der Waals surface area contributed by atoms with Crippen molar-refractivity contribution in [3.63, 3.8) is 0 Å². The van der Waals surface area contributed by atoms with Crippen molar-refractivity contribution >= 4 is 0 Å². The third kappa shape index (κ3) is 3.05. The molecule has 0 N–H and O–H groups in total. The Balaban J connectivity index is 1.43. The second-order valence-corrected chi connectivity index (χ2v) is 9.90. The first kappa shape index (κ1) is 19.9. The number of hydrogen-bond donors (Lipinski definition) is 0. The Morgan fingerprint density at radius 2 is 1.81 bits per heavy atom. The van der Waals surface area contributed by atoms with E-state index in [2.05, 4.69) is 57.7 Å². The number of hydrogen-bond acceptors (Lipinski definition) is 5. The van der Waals surface area contributed by atoms with Crippen LogP contribution in [0, 0.1) is 12.8 Å². The molecule has 0 spiro atoms. The van der Waals surface area contributed by atoms with E-state index in [1.807, 2.05) is 15.3 Å². The monoisotopic (exact) mass is 430 g/mol. The molecule has 166 valence electrons. The molecule has 4 heterocycles. The highest BCUT2D eigenvalue weighted by Crippen LogP contribution is 2.47. The molecular formula is C25H30N6O. The van der Waals surface area contributed by atoms with Crippen molar-refractivity contribution in [3.05, 3.63) is 69.9 Å². The molecule has 1 aromatic carbocycles. The van der Waals surface area contributed by atoms with E-state index in [1.165, 1.54) is 36.9 Å². The fourth-order valence-corrected chi connectivity index (χ4v) is 6.50. The van der Waals surface area contributed by atoms with Gasteiger partial charge >= 0.3 is 0 Å². The van der Waals surface area contributed by atoms with Gasteiger partial charge in [0.15, 0.2) is 5.82 Å². The molecule has 0 amide bonds. The van der Waals surface area contributed by atoms with Gasteiger partial charge in [-0.3, -0.25) is 9.69 Å². The number of likely N-dealkylation sites (tertiary alicyclic amines) is 1. The summed E-state index contributed by atoms with van der Waals surface area (Å²) in [6, 6.07) is 14.1. The highest BCUT2D eigenvalue weighted by Gasteiger charge is 2.48. The first-order chi connectivity index (χ1) is 15.7. The van der Waals surface area contributed by atoms with E-state index in [-0.39, 0.29) is 11.1 Å². The van der Waals surface area contributed by atoms with E-state index in [1.54, 1.807) is 6.07 Å². The minimum atomic E-state index is -0.155. The fourth-order valence-electron chi connectivity index (χ4n) is 6.50. The largest absolute Gasteiger partial charge is 0.312 e. The molecule has 1 saturated heterocycles. The number of aryl methyl sites for hydroxylation is 1. The highest BCUT2D eigenvalue weighted by atomic mass is 16.1. The number of rotatable bonds is 3. The summed E-state index contributed by atoms with van der Waals surface area (Å²) in [4.78, 5) is 15.2. The van der Waals surface area contributed by atoms with E-state index in [9.17, 15) is 4.79 Å². The molecule has 1 saturated carbocycles. The molecule has 3 aliphatic rings. The average molecular weight is 431 g/mol. The van der Waals surface area contributed by atoms with Gasteiger partial charge in [0.25, 0.3) is 5.56 Å². The van der Waals surface area contributed by atoms with Crippen LogP contribution >= 0.6 is 0 Å². The lowest BCUT2D eigenvalue weighted by Crippen LogP contribution is -2.57. The summed E-state index contributed by atoms with van der Waals surface area (Å²) in [7, 11) is 0. The Kier molecular flexibility index (Phi) is 4.75. The maximum atomic E-state index is 12.5. The van der Waals surface area contributed by atoms with Gasteiger partial charge in [0.1, 0.15) is 0 Å². The lowest BCUT2D eigenvalue weighted by atomic mass is 9.75. The first-order valence-electron chi connectivity index (χ1n) is 12.0. The summed E-state index contributed by atoms with van der Waals surface area (Å²) in [5, 5.41) is 13.3. The topological polar surface area (TPSA) is 68.8 Å². The van der Waals surface area contributed by atoms with Gasteiger partial charge in [-0.1, -0.05) is 43.5 Å². The summed E-state index contributed by atoms with van der Waals surface area (Å²) >= 11 is 0. The van der Waals surface area contributed by atoms with Crippen LogP contribution in [0.25, 0.3) is 5.69 Å². The van der Waals surface area contributed by atoms with Crippen LogP contribution in [0.1, 0.15) is 61.5 Å². The maximum absolute atomic E-state index is 12.5. The Morgan fingerprint density at radius 3 is 2.66 bits per heavy atom. The van der Waals surface area contributed by atoms with E-state index in [0.29, 0.717) is 11.8 Å². The summed E-state index contributed by atoms with van der Waals surface area (Å²) in [6.07, 6.45) is 7.00. The van der Waals surface area contributed by atoms with Gasteiger partial charge in [-0.05, 0) is 60.2 Å². The molecular weight excluding hydrogens is 400 g/mol. The van der Waals surface area contributed by atoms with Crippen LogP contribution in [-0.2, 0) is 12.1 Å². The zero-order chi connectivity index (χ0) is 21.7. The first-order valence-corrected chi connectivity index (χ1v) is 12.0. The standard InChI is InChI=1S/C25H30N6O/c1-18-8-3-4-9-21(18)31-24(26-27-28-31)25(12-5-2-6-13-25)29-15-19-14-20(17-29)22-10-7-11-23(32)30(22)16-19/h3-4,7-11,19-20H,2,5-6,12-17H2,1H3. The SMILES string of the molecule is Cc1ccccc1-n1nnnc1C1(N2CC3CC(C2)c2cccc(=O)n2C3)CCCCC1. The number of para-hydroxylation sites is 1. The minimum absolute atomic E-state index is 0.140. The summed E-state index contributed by atoms with van der Waals surface area (Å²) < 4.78 is 4.00. The Labute approximate surface area is 188 Å². The van der Waals surface area contributed by atoms with Crippen molar-refractivity contribution in [1.29, 1.82) is 0 Å². The van der Waals surface area contributed by atoms with Gasteiger partial charge in [0, 0.05) is 37.3 Å². The molecule has 2 bridgehead atoms. The van der Waals surface area contributed by atoms with Crippen molar-refractivity contribution in [1.82, 2.24) is 29.7 Å². The Morgan fingerprint density at radius 1 is 0.969 bits per heavy atom. The quantitative estimate of drug-likeness (QED) is 0.637. The number of fused-ring (bicyclic) bond motifs is 4. The van der Waals surface area contributed by atoms with E-state index in [0.717, 1.165) is 44.0 Å². The number of tetrazole rings is 1. The second-order valence-electron chi connectivity index (χ2n) is 9.90. The highest BCUT2D eigenvalue weighted by molar-refractivity contribution is 5.40. The number of aromatic nitrogens is 5. The van der Waals surface area contributed by atoms with Crippen LogP contribution in [0.2, 0.25) is 0 Å². The van der Waals surface area contributed by atoms with Crippen LogP contribution in [0.4, 0.5) is 0 Å². The van der Waals surface area contributed by atoms with E-state index < -0.39 is 0 Å². The van der Waals surface area contributed by atoms with Crippen molar-refractivity contribution in [2.24, 2.45) is 5.92 Å². The maximum Gasteiger partial charge on any atom is 0.250 e. The van der Waals surface area contributed by atoms with Crippen molar-refractivity contribution in [2.45, 2.75) is 63.5 Å². The molecule has 6 rings (SSSR count). The summed E-state index contributed by atoms with van der Waals surface area (Å²) in [6.45, 7) is 4.90. The summed E-state index contributed by atoms with van der Waals surface area (Å²) in [5.41, 5.74) is 3.42. The minimum Gasteiger partial charge on any atom is -0.312 e. The number of pyridine rings is 1. The Bertz CT molecular complexity index is 1190. The van der Waals surface area contributed by atoms with Crippen LogP contribution in [-0.4, -0.2) is 42.8 Å². The molecule has 3 aromatic rings. The number of nitrogens with zero attached hydrogens (tertiary/aromatic N) is 6. The molecule has 32 heavy (non-hydrogen) atoms. The van der Waals surface area contributed by atoms with Crippen LogP contribution < -0.4 is 5.56 Å². The molecule has 7 heteroatoms. The number of piperidine rings is 1. The molecule has 2 unspecified atom stereocenters. The van der Waals surface area contributed by atoms with Crippen LogP contribution in [0.5, 0.6) is 0 Å². The van der Waals surface area contributed by atoms with Gasteiger partial charge in [-0.15, -0.1) is 5.10 Å². The van der Waals surface area contributed by atoms with Crippen molar-refractivity contribution < 1.29 is 0 Å². The van der Waals surface area contributed by atoms with Gasteiger partial charge in [0.05, 0.1) is 11.2 Å². The van der Waals surface area contributed by atoms with Gasteiger partial charge in [-0.2, -0.15) is 4.68 Å². The molecule has 2 aliphatic heterocycles. The predicted molar refractivity (Wildman–Crippen MR) is 122 cm³/mol. The number of benzene rings is 1. The fraction of sp³-hybridized carbons (Fsp3) is 0.520. The third-order valence-electron chi connectivity index (χ3n) is 8.00. The van der Waals surface area contributed by atoms with Crippen molar-refractivity contribution in [2.75, 3.05) is 13.1 Å². The smallest absolute Gasteiger partial charge is 0.250 e. The normalized spacial score (nSPS) is 24.8. The zero-order valence-corrected chi connectivity index (χ0v) is 18.7. The molecule has 2 atom stereocenters. The molecule has 1 aliphatic carbocycles. The van der Waals surface area contributed by atoms with E-state index in [4.69, 9.17) is 0 Å². The van der Waals surface area contributed by atoms with Crippen LogP contribution in [0.15, 0.2) is 47.3 Å². The predicted octanol–water partition coefficient (Wildman–Crippen LogP) is 3.41. The molecule has 7 nitrogen and oxygen atoms in total. The third-order valence-corrected chi connectivity index (χ3v) is 8.00. The molecule has 2 fully saturated rings. The second kappa shape index (κ2) is 7.66. The van der Waals surface area contributed by atoms with Crippen LogP contribution in [0.3, 0.4) is 0 Å². The van der Waals surface area contributed by atoms with E-state index >= 15 is 0 Å². The zero-order valence-electron chi connectivity index (χ0n) is 18.7. The van der Waals surface area contributed by atoms with Gasteiger partial charge in [-0.25, -0.2) is 0 Å². The molecule has 2 aromatic heterocycles.